The molecule has 6 nitrogen and oxygen atoms in total. The first-order valence-electron chi connectivity index (χ1n) is 7.76. The first-order chi connectivity index (χ1) is 11.2. The van der Waals surface area contributed by atoms with Crippen LogP contribution in [-0.4, -0.2) is 24.6 Å². The zero-order chi connectivity index (χ0) is 15.8. The highest BCUT2D eigenvalue weighted by atomic mass is 15.3. The number of imidazole rings is 1. The summed E-state index contributed by atoms with van der Waals surface area (Å²) < 4.78 is 1.81. The summed E-state index contributed by atoms with van der Waals surface area (Å²) in [6.45, 7) is 4.78. The summed E-state index contributed by atoms with van der Waals surface area (Å²) in [5, 5.41) is 7.74. The molecule has 0 fully saturated rings. The minimum absolute atomic E-state index is 0.607. The summed E-state index contributed by atoms with van der Waals surface area (Å²) in [5.74, 6) is 1.83. The monoisotopic (exact) mass is 306 g/mol. The molecule has 0 saturated carbocycles. The van der Waals surface area contributed by atoms with Gasteiger partial charge in [0.1, 0.15) is 11.6 Å². The molecule has 6 heteroatoms. The molecule has 1 aromatic carbocycles. The molecular formula is C17H18N6. The van der Waals surface area contributed by atoms with E-state index in [1.807, 2.05) is 28.8 Å². The zero-order valence-corrected chi connectivity index (χ0v) is 13.2. The Morgan fingerprint density at radius 3 is 2.96 bits per heavy atom. The normalized spacial score (nSPS) is 11.4. The van der Waals surface area contributed by atoms with E-state index < -0.39 is 0 Å². The maximum absolute atomic E-state index is 4.67. The van der Waals surface area contributed by atoms with Crippen molar-refractivity contribution in [2.45, 2.75) is 26.8 Å². The second-order valence-electron chi connectivity index (χ2n) is 5.60. The fraction of sp³-hybridized carbons (Fsp3) is 0.235. The molecule has 4 rings (SSSR count). The molecule has 0 amide bonds. The van der Waals surface area contributed by atoms with Crippen LogP contribution in [0.3, 0.4) is 0 Å². The first-order valence-corrected chi connectivity index (χ1v) is 7.76. The van der Waals surface area contributed by atoms with Crippen molar-refractivity contribution in [2.75, 3.05) is 5.32 Å². The minimum atomic E-state index is 0.607. The van der Waals surface area contributed by atoms with E-state index in [1.54, 1.807) is 6.20 Å². The van der Waals surface area contributed by atoms with Crippen molar-refractivity contribution in [3.63, 3.8) is 0 Å². The molecular weight excluding hydrogens is 288 g/mol. The third kappa shape index (κ3) is 2.42. The van der Waals surface area contributed by atoms with Crippen LogP contribution < -0.4 is 5.32 Å². The SMILES string of the molecule is CCc1cc(NCc2nc3c(C)cccc3[nH]2)n2nccc2n1. The molecule has 3 aromatic heterocycles. The molecule has 0 aliphatic rings. The van der Waals surface area contributed by atoms with Crippen LogP contribution in [0.2, 0.25) is 0 Å². The summed E-state index contributed by atoms with van der Waals surface area (Å²) >= 11 is 0. The summed E-state index contributed by atoms with van der Waals surface area (Å²) in [4.78, 5) is 12.6. The summed E-state index contributed by atoms with van der Waals surface area (Å²) in [6, 6.07) is 10.1. The van der Waals surface area contributed by atoms with E-state index in [4.69, 9.17) is 0 Å². The maximum atomic E-state index is 4.67. The molecule has 0 saturated heterocycles. The van der Waals surface area contributed by atoms with Gasteiger partial charge in [0.05, 0.1) is 23.8 Å². The van der Waals surface area contributed by atoms with Crippen LogP contribution in [0.4, 0.5) is 5.82 Å². The lowest BCUT2D eigenvalue weighted by Crippen LogP contribution is -2.08. The molecule has 0 radical (unpaired) electrons. The number of anilines is 1. The number of rotatable bonds is 4. The molecule has 0 aliphatic heterocycles. The van der Waals surface area contributed by atoms with Gasteiger partial charge in [0.25, 0.3) is 0 Å². The number of nitrogens with one attached hydrogen (secondary N) is 2. The van der Waals surface area contributed by atoms with E-state index in [1.165, 1.54) is 5.56 Å². The van der Waals surface area contributed by atoms with Crippen molar-refractivity contribution in [3.05, 3.63) is 53.6 Å². The van der Waals surface area contributed by atoms with Crippen LogP contribution in [0.1, 0.15) is 24.0 Å². The number of hydrogen-bond donors (Lipinski definition) is 2. The number of H-pyrrole nitrogens is 1. The third-order valence-corrected chi connectivity index (χ3v) is 3.98. The van der Waals surface area contributed by atoms with Gasteiger partial charge in [-0.05, 0) is 25.0 Å². The number of benzene rings is 1. The first kappa shape index (κ1) is 13.8. The lowest BCUT2D eigenvalue weighted by atomic mass is 10.2. The van der Waals surface area contributed by atoms with Gasteiger partial charge in [-0.1, -0.05) is 19.1 Å². The van der Waals surface area contributed by atoms with Crippen molar-refractivity contribution < 1.29 is 0 Å². The van der Waals surface area contributed by atoms with Gasteiger partial charge in [0.15, 0.2) is 5.65 Å². The highest BCUT2D eigenvalue weighted by molar-refractivity contribution is 5.78. The zero-order valence-electron chi connectivity index (χ0n) is 13.2. The topological polar surface area (TPSA) is 70.9 Å². The van der Waals surface area contributed by atoms with E-state index in [9.17, 15) is 0 Å². The molecule has 0 aliphatic carbocycles. The van der Waals surface area contributed by atoms with Gasteiger partial charge < -0.3 is 10.3 Å². The fourth-order valence-corrected chi connectivity index (χ4v) is 2.76. The standard InChI is InChI=1S/C17H18N6/c1-3-12-9-16(23-15(20-12)7-8-19-23)18-10-14-21-13-6-4-5-11(2)17(13)22-14/h4-9,18H,3,10H2,1-2H3,(H,21,22). The molecule has 2 N–H and O–H groups in total. The number of aryl methyl sites for hydroxylation is 2. The molecule has 0 atom stereocenters. The number of nitrogens with zero attached hydrogens (tertiary/aromatic N) is 4. The fourth-order valence-electron chi connectivity index (χ4n) is 2.76. The van der Waals surface area contributed by atoms with Crippen LogP contribution in [0.5, 0.6) is 0 Å². The number of aromatic amines is 1. The number of hydrogen-bond acceptors (Lipinski definition) is 4. The van der Waals surface area contributed by atoms with E-state index in [0.29, 0.717) is 6.54 Å². The molecule has 23 heavy (non-hydrogen) atoms. The van der Waals surface area contributed by atoms with Crippen molar-refractivity contribution in [2.24, 2.45) is 0 Å². The third-order valence-electron chi connectivity index (χ3n) is 3.98. The molecule has 4 aromatic rings. The van der Waals surface area contributed by atoms with Crippen molar-refractivity contribution in [1.82, 2.24) is 24.6 Å². The Balaban J connectivity index is 1.65. The Kier molecular flexibility index (Phi) is 3.22. The largest absolute Gasteiger partial charge is 0.363 e. The van der Waals surface area contributed by atoms with E-state index in [2.05, 4.69) is 45.3 Å². The summed E-state index contributed by atoms with van der Waals surface area (Å²) in [6.07, 6.45) is 2.65. The van der Waals surface area contributed by atoms with Crippen molar-refractivity contribution in [3.8, 4) is 0 Å². The number of aromatic nitrogens is 5. The van der Waals surface area contributed by atoms with Crippen molar-refractivity contribution >= 4 is 22.5 Å². The number of para-hydroxylation sites is 1. The summed E-state index contributed by atoms with van der Waals surface area (Å²) in [7, 11) is 0. The van der Waals surface area contributed by atoms with Crippen LogP contribution in [-0.2, 0) is 13.0 Å². The second-order valence-corrected chi connectivity index (χ2v) is 5.60. The second kappa shape index (κ2) is 5.39. The van der Waals surface area contributed by atoms with E-state index >= 15 is 0 Å². The van der Waals surface area contributed by atoms with Gasteiger partial charge in [-0.15, -0.1) is 0 Å². The van der Waals surface area contributed by atoms with Crippen LogP contribution in [0, 0.1) is 6.92 Å². The van der Waals surface area contributed by atoms with Gasteiger partial charge in [-0.25, -0.2) is 9.97 Å². The van der Waals surface area contributed by atoms with Gasteiger partial charge >= 0.3 is 0 Å². The van der Waals surface area contributed by atoms with Crippen molar-refractivity contribution in [1.29, 1.82) is 0 Å². The molecule has 0 spiro atoms. The lowest BCUT2D eigenvalue weighted by Gasteiger charge is -2.08. The Hall–Kier alpha value is -2.89. The average Bonchev–Trinajstić information content (AvgIpc) is 3.19. The quantitative estimate of drug-likeness (QED) is 0.608. The van der Waals surface area contributed by atoms with Crippen LogP contribution in [0.15, 0.2) is 36.5 Å². The van der Waals surface area contributed by atoms with Gasteiger partial charge in [-0.3, -0.25) is 0 Å². The van der Waals surface area contributed by atoms with Crippen LogP contribution >= 0.6 is 0 Å². The Bertz CT molecular complexity index is 981. The van der Waals surface area contributed by atoms with Crippen LogP contribution in [0.25, 0.3) is 16.7 Å². The maximum Gasteiger partial charge on any atom is 0.157 e. The highest BCUT2D eigenvalue weighted by Gasteiger charge is 2.08. The van der Waals surface area contributed by atoms with Gasteiger partial charge in [0, 0.05) is 17.8 Å². The summed E-state index contributed by atoms with van der Waals surface area (Å²) in [5.41, 5.74) is 5.16. The Morgan fingerprint density at radius 1 is 1.22 bits per heavy atom. The minimum Gasteiger partial charge on any atom is -0.363 e. The molecule has 3 heterocycles. The van der Waals surface area contributed by atoms with Gasteiger partial charge in [0.2, 0.25) is 0 Å². The van der Waals surface area contributed by atoms with E-state index in [0.717, 1.165) is 40.4 Å². The number of fused-ring (bicyclic) bond motifs is 2. The smallest absolute Gasteiger partial charge is 0.157 e. The van der Waals surface area contributed by atoms with E-state index in [-0.39, 0.29) is 0 Å². The average molecular weight is 306 g/mol. The molecule has 0 unspecified atom stereocenters. The molecule has 0 bridgehead atoms. The predicted octanol–water partition coefficient (Wildman–Crippen LogP) is 3.09. The highest BCUT2D eigenvalue weighted by Crippen LogP contribution is 2.17. The molecule has 116 valence electrons. The Morgan fingerprint density at radius 2 is 2.13 bits per heavy atom. The van der Waals surface area contributed by atoms with Gasteiger partial charge in [-0.2, -0.15) is 9.61 Å². The lowest BCUT2D eigenvalue weighted by molar-refractivity contribution is 0.891. The predicted molar refractivity (Wildman–Crippen MR) is 90.5 cm³/mol. The Labute approximate surface area is 133 Å².